The quantitative estimate of drug-likeness (QED) is 0.208. The van der Waals surface area contributed by atoms with E-state index in [0.29, 0.717) is 22.2 Å². The van der Waals surface area contributed by atoms with Gasteiger partial charge in [-0.05, 0) is 67.4 Å². The summed E-state index contributed by atoms with van der Waals surface area (Å²) in [5.41, 5.74) is 3.46. The number of carbonyl (C=O) groups is 2. The zero-order chi connectivity index (χ0) is 26.1. The summed E-state index contributed by atoms with van der Waals surface area (Å²) < 4.78 is 28.6. The Morgan fingerprint density at radius 2 is 1.76 bits per heavy atom. The second-order valence-electron chi connectivity index (χ2n) is 8.70. The van der Waals surface area contributed by atoms with Crippen molar-refractivity contribution in [2.45, 2.75) is 26.4 Å². The van der Waals surface area contributed by atoms with Crippen molar-refractivity contribution in [3.8, 4) is 5.75 Å². The fourth-order valence-corrected chi connectivity index (χ4v) is 4.63. The Morgan fingerprint density at radius 3 is 2.51 bits per heavy atom. The van der Waals surface area contributed by atoms with Crippen molar-refractivity contribution in [1.29, 1.82) is 0 Å². The van der Waals surface area contributed by atoms with E-state index in [9.17, 15) is 19.1 Å². The molecule has 2 heterocycles. The van der Waals surface area contributed by atoms with Gasteiger partial charge in [0.15, 0.2) is 17.3 Å². The minimum Gasteiger partial charge on any atom is -0.488 e. The van der Waals surface area contributed by atoms with Gasteiger partial charge in [-0.1, -0.05) is 12.1 Å². The van der Waals surface area contributed by atoms with Crippen molar-refractivity contribution in [2.24, 2.45) is 0 Å². The first-order valence-electron chi connectivity index (χ1n) is 11.4. The smallest absolute Gasteiger partial charge is 0.336 e. The average Bonchev–Trinajstić information content (AvgIpc) is 3.52. The molecule has 0 bridgehead atoms. The largest absolute Gasteiger partial charge is 0.488 e. The van der Waals surface area contributed by atoms with E-state index in [1.54, 1.807) is 50.5 Å². The normalized spacial score (nSPS) is 12.2. The van der Waals surface area contributed by atoms with Crippen molar-refractivity contribution in [3.63, 3.8) is 0 Å². The molecule has 0 atom stereocenters. The summed E-state index contributed by atoms with van der Waals surface area (Å²) in [7, 11) is 0. The maximum Gasteiger partial charge on any atom is 0.336 e. The molecule has 0 fully saturated rings. The molecule has 3 aromatic carbocycles. The van der Waals surface area contributed by atoms with Gasteiger partial charge in [-0.15, -0.1) is 0 Å². The molecule has 0 amide bonds. The molecule has 10 heteroatoms. The van der Waals surface area contributed by atoms with Gasteiger partial charge < -0.3 is 14.8 Å². The van der Waals surface area contributed by atoms with Gasteiger partial charge in [-0.2, -0.15) is 8.75 Å². The van der Waals surface area contributed by atoms with Crippen LogP contribution in [0, 0.1) is 5.82 Å². The molecule has 0 radical (unpaired) electrons. The number of rotatable bonds is 8. The van der Waals surface area contributed by atoms with Crippen LogP contribution in [0.4, 0.5) is 4.39 Å². The second-order valence-corrected chi connectivity index (χ2v) is 9.23. The summed E-state index contributed by atoms with van der Waals surface area (Å²) in [5, 5.41) is 10.3. The summed E-state index contributed by atoms with van der Waals surface area (Å²) in [6, 6.07) is 14.1. The summed E-state index contributed by atoms with van der Waals surface area (Å²) in [5.74, 6) is -2.58. The number of benzene rings is 3. The van der Waals surface area contributed by atoms with Crippen LogP contribution in [-0.2, 0) is 11.2 Å². The minimum absolute atomic E-state index is 0.00531. The van der Waals surface area contributed by atoms with E-state index in [1.165, 1.54) is 12.1 Å². The number of H-pyrrole nitrogens is 1. The third kappa shape index (κ3) is 4.96. The van der Waals surface area contributed by atoms with Crippen LogP contribution >= 0.6 is 11.7 Å². The fraction of sp³-hybridized carbons (Fsp3) is 0.148. The van der Waals surface area contributed by atoms with E-state index in [1.807, 2.05) is 6.07 Å². The van der Waals surface area contributed by atoms with Crippen LogP contribution in [-0.4, -0.2) is 41.7 Å². The van der Waals surface area contributed by atoms with Crippen LogP contribution in [0.25, 0.3) is 27.6 Å². The third-order valence-electron chi connectivity index (χ3n) is 5.75. The standard InChI is InChI=1S/C27H21FN4O4S/c1-14(2)36-24-8-5-17(11-19(24)28)26(33)18(9-15-3-6-20-22(10-15)30-13-29-20)25(27(34)35)16-4-7-21-23(12-16)32-37-31-21/h3-8,10-14H,9H2,1-2H3,(H,29,30)(H,34,35). The number of aliphatic carboxylic acids is 1. The molecule has 0 spiro atoms. The number of allylic oxidation sites excluding steroid dienone is 1. The molecule has 37 heavy (non-hydrogen) atoms. The van der Waals surface area contributed by atoms with Gasteiger partial charge in [0.25, 0.3) is 0 Å². The molecule has 0 saturated heterocycles. The molecule has 0 unspecified atom stereocenters. The van der Waals surface area contributed by atoms with E-state index in [0.717, 1.165) is 28.8 Å². The number of aromatic nitrogens is 4. The minimum atomic E-state index is -1.28. The maximum absolute atomic E-state index is 14.8. The Kier molecular flexibility index (Phi) is 6.49. The fourth-order valence-electron chi connectivity index (χ4n) is 4.11. The number of ether oxygens (including phenoxy) is 1. The highest BCUT2D eigenvalue weighted by atomic mass is 32.1. The lowest BCUT2D eigenvalue weighted by Crippen LogP contribution is -2.15. The van der Waals surface area contributed by atoms with Crippen molar-refractivity contribution in [1.82, 2.24) is 18.7 Å². The van der Waals surface area contributed by atoms with Gasteiger partial charge in [-0.25, -0.2) is 14.2 Å². The van der Waals surface area contributed by atoms with Gasteiger partial charge in [0.1, 0.15) is 11.0 Å². The van der Waals surface area contributed by atoms with Gasteiger partial charge in [0.2, 0.25) is 0 Å². The van der Waals surface area contributed by atoms with E-state index in [4.69, 9.17) is 4.74 Å². The average molecular weight is 517 g/mol. The number of aromatic amines is 1. The number of ketones is 1. The van der Waals surface area contributed by atoms with Gasteiger partial charge >= 0.3 is 5.97 Å². The van der Waals surface area contributed by atoms with E-state index < -0.39 is 17.6 Å². The van der Waals surface area contributed by atoms with E-state index in [2.05, 4.69) is 18.7 Å². The van der Waals surface area contributed by atoms with Crippen molar-refractivity contribution < 1.29 is 23.8 Å². The summed E-state index contributed by atoms with van der Waals surface area (Å²) >= 11 is 1.01. The molecule has 0 aliphatic carbocycles. The summed E-state index contributed by atoms with van der Waals surface area (Å²) in [6.07, 6.45) is 1.30. The Labute approximate surface area is 214 Å². The number of halogens is 1. The monoisotopic (exact) mass is 516 g/mol. The van der Waals surface area contributed by atoms with E-state index in [-0.39, 0.29) is 35.0 Å². The number of hydrogen-bond donors (Lipinski definition) is 2. The first kappa shape index (κ1) is 24.3. The number of carboxylic acids is 1. The molecule has 8 nitrogen and oxygen atoms in total. The molecule has 0 saturated carbocycles. The Hall–Kier alpha value is -4.44. The van der Waals surface area contributed by atoms with Crippen LogP contribution in [0.1, 0.15) is 35.3 Å². The molecule has 2 aromatic heterocycles. The molecule has 5 aromatic rings. The van der Waals surface area contributed by atoms with Crippen molar-refractivity contribution in [2.75, 3.05) is 0 Å². The number of nitrogens with one attached hydrogen (secondary N) is 1. The first-order valence-corrected chi connectivity index (χ1v) is 12.1. The van der Waals surface area contributed by atoms with Crippen molar-refractivity contribution >= 4 is 51.1 Å². The Morgan fingerprint density at radius 1 is 1.00 bits per heavy atom. The van der Waals surface area contributed by atoms with Crippen LogP contribution in [0.15, 0.2) is 66.5 Å². The SMILES string of the molecule is CC(C)Oc1ccc(C(=O)C(Cc2ccc3nc[nH]c3c2)=C(C(=O)O)c2ccc3nsnc3c2)cc1F. The molecule has 186 valence electrons. The Bertz CT molecular complexity index is 1690. The third-order valence-corrected chi connectivity index (χ3v) is 6.31. The lowest BCUT2D eigenvalue weighted by atomic mass is 9.89. The van der Waals surface area contributed by atoms with Gasteiger partial charge in [0.05, 0.1) is 40.8 Å². The van der Waals surface area contributed by atoms with Crippen LogP contribution in [0.5, 0.6) is 5.75 Å². The van der Waals surface area contributed by atoms with Gasteiger partial charge in [-0.3, -0.25) is 4.79 Å². The van der Waals surface area contributed by atoms with Crippen LogP contribution in [0.2, 0.25) is 0 Å². The molecule has 5 rings (SSSR count). The predicted octanol–water partition coefficient (Wildman–Crippen LogP) is 5.46. The van der Waals surface area contributed by atoms with E-state index >= 15 is 0 Å². The number of nitrogens with zero attached hydrogens (tertiary/aromatic N) is 3. The topological polar surface area (TPSA) is 118 Å². The van der Waals surface area contributed by atoms with Gasteiger partial charge in [0, 0.05) is 17.6 Å². The number of carboxylic acid groups (broad SMARTS) is 1. The number of fused-ring (bicyclic) bond motifs is 2. The molecular formula is C27H21FN4O4S. The lowest BCUT2D eigenvalue weighted by molar-refractivity contribution is -0.130. The van der Waals surface area contributed by atoms with Crippen LogP contribution < -0.4 is 4.74 Å². The summed E-state index contributed by atoms with van der Waals surface area (Å²) in [6.45, 7) is 3.54. The first-order chi connectivity index (χ1) is 17.8. The number of imidazole rings is 1. The number of carbonyl (C=O) groups excluding carboxylic acids is 1. The zero-order valence-corrected chi connectivity index (χ0v) is 20.7. The maximum atomic E-state index is 14.8. The number of hydrogen-bond acceptors (Lipinski definition) is 7. The Balaban J connectivity index is 1.66. The zero-order valence-electron chi connectivity index (χ0n) is 19.9. The molecular weight excluding hydrogens is 495 g/mol. The predicted molar refractivity (Wildman–Crippen MR) is 138 cm³/mol. The molecule has 0 aliphatic heterocycles. The molecule has 2 N–H and O–H groups in total. The highest BCUT2D eigenvalue weighted by molar-refractivity contribution is 7.00. The lowest BCUT2D eigenvalue weighted by Gasteiger charge is -2.15. The highest BCUT2D eigenvalue weighted by Crippen LogP contribution is 2.30. The van der Waals surface area contributed by atoms with Crippen LogP contribution in [0.3, 0.4) is 0 Å². The molecule has 0 aliphatic rings. The summed E-state index contributed by atoms with van der Waals surface area (Å²) in [4.78, 5) is 33.6. The number of Topliss-reactive ketones (excluding diaryl/α,β-unsaturated/α-hetero) is 1. The highest BCUT2D eigenvalue weighted by Gasteiger charge is 2.25. The van der Waals surface area contributed by atoms with Crippen molar-refractivity contribution in [3.05, 3.63) is 89.0 Å². The second kappa shape index (κ2) is 9.90.